The zero-order valence-electron chi connectivity index (χ0n) is 12.6. The minimum atomic E-state index is 0. The molecule has 0 radical (unpaired) electrons. The van der Waals surface area contributed by atoms with Crippen molar-refractivity contribution < 1.29 is 0 Å². The van der Waals surface area contributed by atoms with Gasteiger partial charge in [0.05, 0.1) is 0 Å². The van der Waals surface area contributed by atoms with Gasteiger partial charge < -0.3 is 4.90 Å². The lowest BCUT2D eigenvalue weighted by Gasteiger charge is -2.36. The van der Waals surface area contributed by atoms with Crippen molar-refractivity contribution in [2.45, 2.75) is 6.54 Å². The van der Waals surface area contributed by atoms with Crippen LogP contribution in [0.1, 0.15) is 5.56 Å². The fourth-order valence-electron chi connectivity index (χ4n) is 2.69. The number of hydrogen-bond donors (Lipinski definition) is 0. The van der Waals surface area contributed by atoms with E-state index >= 15 is 0 Å². The third kappa shape index (κ3) is 5.95. The molecule has 2 aromatic carbocycles. The lowest BCUT2D eigenvalue weighted by Crippen LogP contribution is -2.45. The number of anilines is 1. The van der Waals surface area contributed by atoms with Crippen LogP contribution in [-0.4, -0.2) is 31.1 Å². The minimum absolute atomic E-state index is 0. The Hall–Kier alpha value is -0.260. The van der Waals surface area contributed by atoms with E-state index in [0.717, 1.165) is 42.8 Å². The molecule has 0 aliphatic carbocycles. The Morgan fingerprint density at radius 3 is 2.04 bits per heavy atom. The fraction of sp³-hybridized carbons (Fsp3) is 0.294. The predicted molar refractivity (Wildman–Crippen MR) is 111 cm³/mol. The van der Waals surface area contributed by atoms with Crippen molar-refractivity contribution in [1.82, 2.24) is 4.90 Å². The largest absolute Gasteiger partial charge is 0.369 e. The number of hydrogen-bond acceptors (Lipinski definition) is 2. The highest BCUT2D eigenvalue weighted by Crippen LogP contribution is 2.21. The van der Waals surface area contributed by atoms with Crippen LogP contribution in [0.5, 0.6) is 0 Å². The molecule has 0 atom stereocenters. The number of halogens is 4. The number of nitrogens with zero attached hydrogens (tertiary/aromatic N) is 2. The summed E-state index contributed by atoms with van der Waals surface area (Å²) in [5, 5.41) is 1.60. The van der Waals surface area contributed by atoms with E-state index in [0.29, 0.717) is 0 Å². The Bertz CT molecular complexity index is 600. The molecule has 0 amide bonds. The summed E-state index contributed by atoms with van der Waals surface area (Å²) in [7, 11) is 0. The highest BCUT2D eigenvalue weighted by atomic mass is 79.9. The molecule has 1 fully saturated rings. The van der Waals surface area contributed by atoms with Gasteiger partial charge in [-0.15, -0.1) is 34.0 Å². The molecule has 23 heavy (non-hydrogen) atoms. The van der Waals surface area contributed by atoms with Gasteiger partial charge in [0.15, 0.2) is 0 Å². The second-order valence-corrected chi connectivity index (χ2v) is 6.24. The topological polar surface area (TPSA) is 6.48 Å². The summed E-state index contributed by atoms with van der Waals surface area (Å²) < 4.78 is 0. The highest BCUT2D eigenvalue weighted by Gasteiger charge is 2.17. The number of piperazine rings is 1. The summed E-state index contributed by atoms with van der Waals surface area (Å²) in [4.78, 5) is 4.87. The molecule has 0 aromatic heterocycles. The molecule has 1 aliphatic heterocycles. The second kappa shape index (κ2) is 9.90. The van der Waals surface area contributed by atoms with E-state index in [-0.39, 0.29) is 34.0 Å². The molecule has 0 spiro atoms. The van der Waals surface area contributed by atoms with Crippen LogP contribution in [0.3, 0.4) is 0 Å². The van der Waals surface area contributed by atoms with Crippen LogP contribution in [0.15, 0.2) is 48.5 Å². The van der Waals surface area contributed by atoms with Crippen LogP contribution >= 0.6 is 57.2 Å². The predicted octanol–water partition coefficient (Wildman–Crippen LogP) is 5.47. The monoisotopic (exact) mass is 480 g/mol. The maximum absolute atomic E-state index is 6.06. The van der Waals surface area contributed by atoms with Gasteiger partial charge in [0.25, 0.3) is 0 Å². The highest BCUT2D eigenvalue weighted by molar-refractivity contribution is 8.93. The van der Waals surface area contributed by atoms with Gasteiger partial charge in [0.2, 0.25) is 0 Å². The van der Waals surface area contributed by atoms with E-state index in [2.05, 4.69) is 28.0 Å². The van der Waals surface area contributed by atoms with Gasteiger partial charge in [-0.05, 0) is 35.9 Å². The van der Waals surface area contributed by atoms with Crippen LogP contribution in [-0.2, 0) is 6.54 Å². The Morgan fingerprint density at radius 1 is 0.783 bits per heavy atom. The Morgan fingerprint density at radius 2 is 1.43 bits per heavy atom. The van der Waals surface area contributed by atoms with Crippen molar-refractivity contribution in [3.8, 4) is 0 Å². The molecular formula is C17H20Br2Cl2N2. The third-order valence-electron chi connectivity index (χ3n) is 3.87. The van der Waals surface area contributed by atoms with Crippen molar-refractivity contribution in [2.75, 3.05) is 31.1 Å². The Balaban J connectivity index is 0.00000132. The van der Waals surface area contributed by atoms with Crippen molar-refractivity contribution in [2.24, 2.45) is 0 Å². The molecule has 0 bridgehead atoms. The average molecular weight is 483 g/mol. The maximum atomic E-state index is 6.06. The molecule has 2 nitrogen and oxygen atoms in total. The van der Waals surface area contributed by atoms with Gasteiger partial charge in [-0.2, -0.15) is 0 Å². The first-order valence-corrected chi connectivity index (χ1v) is 7.93. The standard InChI is InChI=1S/C17H18Cl2N2.2BrH/c18-15-6-4-14(5-7-15)13-20-8-10-21(11-9-20)17-3-1-2-16(19)12-17;;/h1-7,12H,8-11,13H2;2*1H. The summed E-state index contributed by atoms with van der Waals surface area (Å²) in [6, 6.07) is 16.2. The normalized spacial score (nSPS) is 14.8. The van der Waals surface area contributed by atoms with Gasteiger partial charge in [0.1, 0.15) is 0 Å². The van der Waals surface area contributed by atoms with Gasteiger partial charge >= 0.3 is 0 Å². The molecule has 126 valence electrons. The molecule has 6 heteroatoms. The molecule has 0 saturated carbocycles. The van der Waals surface area contributed by atoms with E-state index in [1.165, 1.54) is 11.3 Å². The summed E-state index contributed by atoms with van der Waals surface area (Å²) in [6.45, 7) is 5.19. The summed E-state index contributed by atoms with van der Waals surface area (Å²) in [5.41, 5.74) is 2.53. The lowest BCUT2D eigenvalue weighted by molar-refractivity contribution is 0.250. The van der Waals surface area contributed by atoms with E-state index in [1.54, 1.807) is 0 Å². The molecule has 0 N–H and O–H groups in total. The van der Waals surface area contributed by atoms with E-state index in [1.807, 2.05) is 30.3 Å². The van der Waals surface area contributed by atoms with Gasteiger partial charge in [-0.25, -0.2) is 0 Å². The Labute approximate surface area is 168 Å². The molecule has 1 saturated heterocycles. The first kappa shape index (κ1) is 20.8. The first-order valence-electron chi connectivity index (χ1n) is 7.18. The fourth-order valence-corrected chi connectivity index (χ4v) is 3.00. The van der Waals surface area contributed by atoms with Crippen LogP contribution in [0.2, 0.25) is 10.0 Å². The second-order valence-electron chi connectivity index (χ2n) is 5.37. The first-order chi connectivity index (χ1) is 10.2. The van der Waals surface area contributed by atoms with E-state index < -0.39 is 0 Å². The van der Waals surface area contributed by atoms with Gasteiger partial charge in [0, 0.05) is 48.5 Å². The minimum Gasteiger partial charge on any atom is -0.369 e. The van der Waals surface area contributed by atoms with Gasteiger partial charge in [-0.1, -0.05) is 41.4 Å². The van der Waals surface area contributed by atoms with Crippen molar-refractivity contribution in [3.63, 3.8) is 0 Å². The number of rotatable bonds is 3. The van der Waals surface area contributed by atoms with Crippen molar-refractivity contribution in [3.05, 3.63) is 64.1 Å². The molecule has 1 aliphatic rings. The smallest absolute Gasteiger partial charge is 0.0426 e. The SMILES string of the molecule is Br.Br.Clc1ccc(CN2CCN(c3cccc(Cl)c3)CC2)cc1. The molecular weight excluding hydrogens is 463 g/mol. The van der Waals surface area contributed by atoms with Crippen LogP contribution < -0.4 is 4.90 Å². The third-order valence-corrected chi connectivity index (χ3v) is 4.35. The molecule has 0 unspecified atom stereocenters. The van der Waals surface area contributed by atoms with Crippen LogP contribution in [0, 0.1) is 0 Å². The van der Waals surface area contributed by atoms with Gasteiger partial charge in [-0.3, -0.25) is 4.90 Å². The summed E-state index contributed by atoms with van der Waals surface area (Å²) >= 11 is 12.0. The van der Waals surface area contributed by atoms with E-state index in [4.69, 9.17) is 23.2 Å². The quantitative estimate of drug-likeness (QED) is 0.572. The summed E-state index contributed by atoms with van der Waals surface area (Å²) in [5.74, 6) is 0. The van der Waals surface area contributed by atoms with E-state index in [9.17, 15) is 0 Å². The van der Waals surface area contributed by atoms with Crippen molar-refractivity contribution >= 4 is 62.9 Å². The number of benzene rings is 2. The van der Waals surface area contributed by atoms with Crippen molar-refractivity contribution in [1.29, 1.82) is 0 Å². The van der Waals surface area contributed by atoms with Crippen LogP contribution in [0.25, 0.3) is 0 Å². The lowest BCUT2D eigenvalue weighted by atomic mass is 10.2. The zero-order chi connectivity index (χ0) is 14.7. The molecule has 3 rings (SSSR count). The van der Waals surface area contributed by atoms with Crippen LogP contribution in [0.4, 0.5) is 5.69 Å². The Kier molecular flexibility index (Phi) is 8.94. The summed E-state index contributed by atoms with van der Waals surface area (Å²) in [6.07, 6.45) is 0. The zero-order valence-corrected chi connectivity index (χ0v) is 17.6. The molecule has 2 aromatic rings. The maximum Gasteiger partial charge on any atom is 0.0426 e. The molecule has 1 heterocycles. The average Bonchev–Trinajstić information content (AvgIpc) is 2.50.